The average molecular weight is 438 g/mol. The molecule has 4 aromatic rings. The van der Waals surface area contributed by atoms with Gasteiger partial charge in [0.25, 0.3) is 11.6 Å². The van der Waals surface area contributed by atoms with Crippen LogP contribution in [0.15, 0.2) is 75.6 Å². The number of hydrogen-bond acceptors (Lipinski definition) is 5. The van der Waals surface area contributed by atoms with Gasteiger partial charge in [-0.25, -0.2) is 4.98 Å². The fourth-order valence-electron chi connectivity index (χ4n) is 2.75. The maximum Gasteiger partial charge on any atom is 0.271 e. The Balaban J connectivity index is 1.70. The molecule has 0 aliphatic carbocycles. The number of nitrogens with one attached hydrogen (secondary N) is 1. The summed E-state index contributed by atoms with van der Waals surface area (Å²) in [5.74, 6) is -0.0128. The first-order valence-electron chi connectivity index (χ1n) is 8.22. The zero-order valence-electron chi connectivity index (χ0n) is 14.3. The number of aromatic nitrogens is 1. The molecule has 1 heterocycles. The highest BCUT2D eigenvalue weighted by molar-refractivity contribution is 9.10. The number of carbonyl (C=O) groups is 1. The van der Waals surface area contributed by atoms with Crippen LogP contribution < -0.4 is 5.32 Å². The van der Waals surface area contributed by atoms with Crippen molar-refractivity contribution in [2.45, 2.75) is 0 Å². The molecule has 0 saturated carbocycles. The highest BCUT2D eigenvalue weighted by atomic mass is 79.9. The number of halogens is 1. The van der Waals surface area contributed by atoms with Crippen molar-refractivity contribution in [1.82, 2.24) is 4.98 Å². The summed E-state index contributed by atoms with van der Waals surface area (Å²) in [4.78, 5) is 27.4. The Hall–Kier alpha value is -3.52. The van der Waals surface area contributed by atoms with Crippen molar-refractivity contribution in [2.24, 2.45) is 0 Å². The van der Waals surface area contributed by atoms with E-state index in [9.17, 15) is 14.9 Å². The van der Waals surface area contributed by atoms with E-state index in [0.717, 1.165) is 4.47 Å². The van der Waals surface area contributed by atoms with E-state index >= 15 is 0 Å². The van der Waals surface area contributed by atoms with Crippen LogP contribution in [0.5, 0.6) is 0 Å². The zero-order valence-corrected chi connectivity index (χ0v) is 15.8. The van der Waals surface area contributed by atoms with E-state index in [-0.39, 0.29) is 17.5 Å². The van der Waals surface area contributed by atoms with Crippen LogP contribution in [0.4, 0.5) is 11.4 Å². The molecular formula is C20H12BrN3O4. The van der Waals surface area contributed by atoms with Gasteiger partial charge in [0, 0.05) is 22.2 Å². The number of nitro benzene ring substituents is 1. The van der Waals surface area contributed by atoms with E-state index in [4.69, 9.17) is 4.42 Å². The third-order valence-electron chi connectivity index (χ3n) is 4.07. The van der Waals surface area contributed by atoms with Crippen molar-refractivity contribution < 1.29 is 14.1 Å². The van der Waals surface area contributed by atoms with Crippen LogP contribution >= 0.6 is 15.9 Å². The SMILES string of the molecule is O=C(Nc1ccccc1-c1nc2cc([N+](=O)[O-])ccc2o1)c1cccc(Br)c1. The van der Waals surface area contributed by atoms with Crippen molar-refractivity contribution in [1.29, 1.82) is 0 Å². The summed E-state index contributed by atoms with van der Waals surface area (Å²) in [6.07, 6.45) is 0. The van der Waals surface area contributed by atoms with Crippen LogP contribution in [0.3, 0.4) is 0 Å². The number of para-hydroxylation sites is 1. The first-order chi connectivity index (χ1) is 13.5. The highest BCUT2D eigenvalue weighted by Crippen LogP contribution is 2.31. The van der Waals surface area contributed by atoms with Gasteiger partial charge in [0.05, 0.1) is 16.2 Å². The first-order valence-corrected chi connectivity index (χ1v) is 9.02. The lowest BCUT2D eigenvalue weighted by atomic mass is 10.1. The molecule has 0 saturated heterocycles. The molecule has 0 unspecified atom stereocenters. The largest absolute Gasteiger partial charge is 0.436 e. The molecule has 1 N–H and O–H groups in total. The van der Waals surface area contributed by atoms with Crippen molar-refractivity contribution in [2.75, 3.05) is 5.32 Å². The standard InChI is InChI=1S/C20H12BrN3O4/c21-13-5-3-4-12(10-13)19(25)22-16-7-2-1-6-15(16)20-23-17-11-14(24(26)27)8-9-18(17)28-20/h1-11H,(H,22,25). The first kappa shape index (κ1) is 17.9. The van der Waals surface area contributed by atoms with Gasteiger partial charge < -0.3 is 9.73 Å². The smallest absolute Gasteiger partial charge is 0.271 e. The molecule has 0 fully saturated rings. The average Bonchev–Trinajstić information content (AvgIpc) is 3.11. The number of oxazole rings is 1. The molecule has 1 aromatic heterocycles. The number of rotatable bonds is 4. The molecule has 0 atom stereocenters. The minimum Gasteiger partial charge on any atom is -0.436 e. The minimum atomic E-state index is -0.486. The topological polar surface area (TPSA) is 98.3 Å². The number of carbonyl (C=O) groups excluding carboxylic acids is 1. The number of amides is 1. The van der Waals surface area contributed by atoms with E-state index in [1.165, 1.54) is 18.2 Å². The summed E-state index contributed by atoms with van der Waals surface area (Å²) in [6, 6.07) is 18.3. The van der Waals surface area contributed by atoms with E-state index in [2.05, 4.69) is 26.2 Å². The molecule has 3 aromatic carbocycles. The summed E-state index contributed by atoms with van der Waals surface area (Å²) in [5.41, 5.74) is 2.32. The third kappa shape index (κ3) is 3.49. The predicted octanol–water partition coefficient (Wildman–Crippen LogP) is 5.42. The molecule has 1 amide bonds. The van der Waals surface area contributed by atoms with Gasteiger partial charge in [-0.1, -0.05) is 34.1 Å². The molecule has 8 heteroatoms. The second-order valence-electron chi connectivity index (χ2n) is 5.94. The van der Waals surface area contributed by atoms with Crippen LogP contribution in [0.25, 0.3) is 22.6 Å². The van der Waals surface area contributed by atoms with Crippen molar-refractivity contribution in [3.8, 4) is 11.5 Å². The van der Waals surface area contributed by atoms with E-state index < -0.39 is 4.92 Å². The van der Waals surface area contributed by atoms with Gasteiger partial charge in [-0.15, -0.1) is 0 Å². The Morgan fingerprint density at radius 2 is 1.89 bits per heavy atom. The van der Waals surface area contributed by atoms with Crippen molar-refractivity contribution in [3.05, 3.63) is 86.9 Å². The molecule has 138 valence electrons. The van der Waals surface area contributed by atoms with Gasteiger partial charge in [0.1, 0.15) is 5.52 Å². The third-order valence-corrected chi connectivity index (χ3v) is 4.57. The van der Waals surface area contributed by atoms with Gasteiger partial charge in [0.15, 0.2) is 5.58 Å². The highest BCUT2D eigenvalue weighted by Gasteiger charge is 2.16. The van der Waals surface area contributed by atoms with Crippen molar-refractivity contribution in [3.63, 3.8) is 0 Å². The molecule has 0 aliphatic rings. The van der Waals surface area contributed by atoms with Gasteiger partial charge in [-0.05, 0) is 36.4 Å². The summed E-state index contributed by atoms with van der Waals surface area (Å²) in [5, 5.41) is 13.8. The minimum absolute atomic E-state index is 0.0661. The zero-order chi connectivity index (χ0) is 19.7. The Morgan fingerprint density at radius 1 is 1.07 bits per heavy atom. The van der Waals surface area contributed by atoms with Crippen LogP contribution in [0.2, 0.25) is 0 Å². The Labute approximate surface area is 167 Å². The lowest BCUT2D eigenvalue weighted by Crippen LogP contribution is -2.12. The second kappa shape index (κ2) is 7.24. The molecular weight excluding hydrogens is 426 g/mol. The van der Waals surface area contributed by atoms with E-state index in [1.807, 2.05) is 6.07 Å². The fourth-order valence-corrected chi connectivity index (χ4v) is 3.15. The summed E-state index contributed by atoms with van der Waals surface area (Å²) >= 11 is 3.35. The Morgan fingerprint density at radius 3 is 2.68 bits per heavy atom. The van der Waals surface area contributed by atoms with Gasteiger partial charge in [-0.2, -0.15) is 0 Å². The normalized spacial score (nSPS) is 10.8. The molecule has 0 aliphatic heterocycles. The maximum atomic E-state index is 12.6. The number of nitro groups is 1. The van der Waals surface area contributed by atoms with E-state index in [1.54, 1.807) is 42.5 Å². The number of non-ortho nitro benzene ring substituents is 1. The van der Waals surface area contributed by atoms with Crippen molar-refractivity contribution >= 4 is 44.3 Å². The fraction of sp³-hybridized carbons (Fsp3) is 0. The monoisotopic (exact) mass is 437 g/mol. The predicted molar refractivity (Wildman–Crippen MR) is 108 cm³/mol. The number of hydrogen-bond donors (Lipinski definition) is 1. The quantitative estimate of drug-likeness (QED) is 0.339. The Kier molecular flexibility index (Phi) is 4.62. The Bertz CT molecular complexity index is 1220. The molecule has 0 radical (unpaired) electrons. The summed E-state index contributed by atoms with van der Waals surface area (Å²) in [6.45, 7) is 0. The molecule has 0 bridgehead atoms. The lowest BCUT2D eigenvalue weighted by molar-refractivity contribution is -0.384. The summed E-state index contributed by atoms with van der Waals surface area (Å²) < 4.78 is 6.54. The maximum absolute atomic E-state index is 12.6. The van der Waals surface area contributed by atoms with Crippen LogP contribution in [0, 0.1) is 10.1 Å². The van der Waals surface area contributed by atoms with Crippen LogP contribution in [-0.2, 0) is 0 Å². The van der Waals surface area contributed by atoms with E-state index in [0.29, 0.717) is 27.9 Å². The van der Waals surface area contributed by atoms with Gasteiger partial charge >= 0.3 is 0 Å². The number of anilines is 1. The molecule has 0 spiro atoms. The van der Waals surface area contributed by atoms with Gasteiger partial charge in [-0.3, -0.25) is 14.9 Å². The second-order valence-corrected chi connectivity index (χ2v) is 6.85. The number of benzene rings is 3. The number of nitrogens with zero attached hydrogens (tertiary/aromatic N) is 2. The number of fused-ring (bicyclic) bond motifs is 1. The van der Waals surface area contributed by atoms with Gasteiger partial charge in [0.2, 0.25) is 5.89 Å². The molecule has 7 nitrogen and oxygen atoms in total. The lowest BCUT2D eigenvalue weighted by Gasteiger charge is -2.09. The molecule has 28 heavy (non-hydrogen) atoms. The molecule has 4 rings (SSSR count). The van der Waals surface area contributed by atoms with Crippen LogP contribution in [-0.4, -0.2) is 15.8 Å². The summed E-state index contributed by atoms with van der Waals surface area (Å²) in [7, 11) is 0. The van der Waals surface area contributed by atoms with Crippen LogP contribution in [0.1, 0.15) is 10.4 Å².